The van der Waals surface area contributed by atoms with Gasteiger partial charge in [-0.2, -0.15) is 0 Å². The summed E-state index contributed by atoms with van der Waals surface area (Å²) in [6.07, 6.45) is 0.365. The summed E-state index contributed by atoms with van der Waals surface area (Å²) in [5.74, 6) is 0.574. The first kappa shape index (κ1) is 12.4. The molecular formula is C10H15N3O3. The van der Waals surface area contributed by atoms with Gasteiger partial charge in [0.05, 0.1) is 12.0 Å². The van der Waals surface area contributed by atoms with Crippen molar-refractivity contribution in [3.05, 3.63) is 33.9 Å². The summed E-state index contributed by atoms with van der Waals surface area (Å²) >= 11 is 0. The lowest BCUT2D eigenvalue weighted by molar-refractivity contribution is -0.385. The molecule has 1 aromatic carbocycles. The Morgan fingerprint density at radius 3 is 2.75 bits per heavy atom. The van der Waals surface area contributed by atoms with Gasteiger partial charge in [0.15, 0.2) is 0 Å². The van der Waals surface area contributed by atoms with Crippen molar-refractivity contribution >= 4 is 5.69 Å². The minimum absolute atomic E-state index is 0.0460. The fourth-order valence-electron chi connectivity index (χ4n) is 1.40. The lowest BCUT2D eigenvalue weighted by atomic mass is 10.0. The van der Waals surface area contributed by atoms with Gasteiger partial charge in [-0.1, -0.05) is 0 Å². The van der Waals surface area contributed by atoms with Crippen molar-refractivity contribution < 1.29 is 9.66 Å². The van der Waals surface area contributed by atoms with Gasteiger partial charge in [0.1, 0.15) is 5.75 Å². The molecule has 0 bridgehead atoms. The van der Waals surface area contributed by atoms with Crippen LogP contribution in [0.25, 0.3) is 0 Å². The first-order valence-corrected chi connectivity index (χ1v) is 4.85. The smallest absolute Gasteiger partial charge is 0.272 e. The number of hydrogen-bond acceptors (Lipinski definition) is 5. The first-order valence-electron chi connectivity index (χ1n) is 4.85. The zero-order valence-corrected chi connectivity index (χ0v) is 9.05. The first-order chi connectivity index (χ1) is 7.58. The predicted molar refractivity (Wildman–Crippen MR) is 60.4 cm³/mol. The van der Waals surface area contributed by atoms with E-state index in [1.165, 1.54) is 13.2 Å². The molecule has 88 valence electrons. The molecule has 0 heterocycles. The highest BCUT2D eigenvalue weighted by Gasteiger charge is 2.16. The highest BCUT2D eigenvalue weighted by molar-refractivity contribution is 5.45. The second kappa shape index (κ2) is 5.43. The molecule has 0 aromatic heterocycles. The van der Waals surface area contributed by atoms with Crippen LogP contribution < -0.4 is 16.2 Å². The molecule has 6 nitrogen and oxygen atoms in total. The Hall–Kier alpha value is -1.66. The van der Waals surface area contributed by atoms with Gasteiger partial charge in [0.25, 0.3) is 5.69 Å². The molecule has 6 heteroatoms. The van der Waals surface area contributed by atoms with Crippen LogP contribution >= 0.6 is 0 Å². The predicted octanol–water partition coefficient (Wildman–Crippen LogP) is 0.432. The molecule has 0 aliphatic heterocycles. The van der Waals surface area contributed by atoms with E-state index in [1.54, 1.807) is 12.1 Å². The lowest BCUT2D eigenvalue weighted by Gasteiger charge is -2.10. The number of nitro benzene ring substituents is 1. The third-order valence-electron chi connectivity index (χ3n) is 2.27. The van der Waals surface area contributed by atoms with E-state index in [4.69, 9.17) is 16.2 Å². The standard InChI is InChI=1S/C10H15N3O3/c1-16-9-2-3-10(13(14)15)7(5-9)4-8(12)6-11/h2-3,5,8H,4,6,11-12H2,1H3. The molecule has 0 saturated heterocycles. The summed E-state index contributed by atoms with van der Waals surface area (Å²) in [5.41, 5.74) is 11.7. The zero-order valence-electron chi connectivity index (χ0n) is 9.05. The molecule has 1 unspecified atom stereocenters. The van der Waals surface area contributed by atoms with Gasteiger partial charge in [-0.15, -0.1) is 0 Å². The minimum Gasteiger partial charge on any atom is -0.497 e. The molecule has 0 amide bonds. The Morgan fingerprint density at radius 2 is 2.25 bits per heavy atom. The largest absolute Gasteiger partial charge is 0.497 e. The van der Waals surface area contributed by atoms with Crippen LogP contribution in [-0.2, 0) is 6.42 Å². The highest BCUT2D eigenvalue weighted by atomic mass is 16.6. The summed E-state index contributed by atoms with van der Waals surface area (Å²) in [6, 6.07) is 4.30. The number of methoxy groups -OCH3 is 1. The molecule has 0 aliphatic rings. The number of nitrogens with two attached hydrogens (primary N) is 2. The van der Waals surface area contributed by atoms with Crippen LogP contribution in [-0.4, -0.2) is 24.6 Å². The Labute approximate surface area is 93.3 Å². The van der Waals surface area contributed by atoms with E-state index < -0.39 is 4.92 Å². The molecule has 0 aliphatic carbocycles. The van der Waals surface area contributed by atoms with Crippen molar-refractivity contribution in [1.29, 1.82) is 0 Å². The Kier molecular flexibility index (Phi) is 4.21. The maximum absolute atomic E-state index is 10.8. The second-order valence-electron chi connectivity index (χ2n) is 3.45. The number of nitro groups is 1. The molecule has 1 aromatic rings. The van der Waals surface area contributed by atoms with E-state index >= 15 is 0 Å². The number of benzene rings is 1. The van der Waals surface area contributed by atoms with Crippen LogP contribution in [0.5, 0.6) is 5.75 Å². The number of rotatable bonds is 5. The van der Waals surface area contributed by atoms with Gasteiger partial charge < -0.3 is 16.2 Å². The highest BCUT2D eigenvalue weighted by Crippen LogP contribution is 2.24. The van der Waals surface area contributed by atoms with Crippen LogP contribution in [0.2, 0.25) is 0 Å². The quantitative estimate of drug-likeness (QED) is 0.558. The molecule has 0 radical (unpaired) electrons. The van der Waals surface area contributed by atoms with Gasteiger partial charge in [0, 0.05) is 24.2 Å². The summed E-state index contributed by atoms with van der Waals surface area (Å²) in [7, 11) is 1.51. The summed E-state index contributed by atoms with van der Waals surface area (Å²) in [6.45, 7) is 0.286. The van der Waals surface area contributed by atoms with E-state index in [0.717, 1.165) is 0 Å². The molecular weight excluding hydrogens is 210 g/mol. The topological polar surface area (TPSA) is 104 Å². The van der Waals surface area contributed by atoms with Gasteiger partial charge in [-0.3, -0.25) is 10.1 Å². The molecule has 0 spiro atoms. The van der Waals surface area contributed by atoms with Crippen molar-refractivity contribution in [2.75, 3.05) is 13.7 Å². The van der Waals surface area contributed by atoms with Gasteiger partial charge in [-0.05, 0) is 18.6 Å². The van der Waals surface area contributed by atoms with Crippen LogP contribution in [0, 0.1) is 10.1 Å². The van der Waals surface area contributed by atoms with Crippen LogP contribution in [0.4, 0.5) is 5.69 Å². The molecule has 4 N–H and O–H groups in total. The van der Waals surface area contributed by atoms with Crippen molar-refractivity contribution in [3.8, 4) is 5.75 Å². The van der Waals surface area contributed by atoms with Crippen molar-refractivity contribution in [2.45, 2.75) is 12.5 Å². The van der Waals surface area contributed by atoms with Crippen molar-refractivity contribution in [3.63, 3.8) is 0 Å². The summed E-state index contributed by atoms with van der Waals surface area (Å²) in [5, 5.41) is 10.8. The fourth-order valence-corrected chi connectivity index (χ4v) is 1.40. The number of nitrogens with zero attached hydrogens (tertiary/aromatic N) is 1. The Morgan fingerprint density at radius 1 is 1.56 bits per heavy atom. The SMILES string of the molecule is COc1ccc([N+](=O)[O-])c(CC(N)CN)c1. The van der Waals surface area contributed by atoms with E-state index in [0.29, 0.717) is 17.7 Å². The minimum atomic E-state index is -0.433. The van der Waals surface area contributed by atoms with Gasteiger partial charge in [-0.25, -0.2) is 0 Å². The molecule has 1 atom stereocenters. The molecule has 0 fully saturated rings. The number of ether oxygens (including phenoxy) is 1. The maximum Gasteiger partial charge on any atom is 0.272 e. The van der Waals surface area contributed by atoms with E-state index in [2.05, 4.69) is 0 Å². The Bertz CT molecular complexity index is 382. The third kappa shape index (κ3) is 2.91. The van der Waals surface area contributed by atoms with Crippen molar-refractivity contribution in [1.82, 2.24) is 0 Å². The average molecular weight is 225 g/mol. The fraction of sp³-hybridized carbons (Fsp3) is 0.400. The number of hydrogen-bond donors (Lipinski definition) is 2. The van der Waals surface area contributed by atoms with Crippen molar-refractivity contribution in [2.24, 2.45) is 11.5 Å². The maximum atomic E-state index is 10.8. The lowest BCUT2D eigenvalue weighted by Crippen LogP contribution is -2.31. The van der Waals surface area contributed by atoms with Crippen LogP contribution in [0.15, 0.2) is 18.2 Å². The van der Waals surface area contributed by atoms with Gasteiger partial charge in [0.2, 0.25) is 0 Å². The normalized spacial score (nSPS) is 12.2. The van der Waals surface area contributed by atoms with Gasteiger partial charge >= 0.3 is 0 Å². The summed E-state index contributed by atoms with van der Waals surface area (Å²) < 4.78 is 5.01. The van der Waals surface area contributed by atoms with E-state index in [9.17, 15) is 10.1 Å². The monoisotopic (exact) mass is 225 g/mol. The third-order valence-corrected chi connectivity index (χ3v) is 2.27. The zero-order chi connectivity index (χ0) is 12.1. The molecule has 1 rings (SSSR count). The molecule has 16 heavy (non-hydrogen) atoms. The van der Waals surface area contributed by atoms with E-state index in [-0.39, 0.29) is 18.3 Å². The average Bonchev–Trinajstić information content (AvgIpc) is 2.28. The van der Waals surface area contributed by atoms with Crippen LogP contribution in [0.3, 0.4) is 0 Å². The Balaban J connectivity index is 3.05. The van der Waals surface area contributed by atoms with E-state index in [1.807, 2.05) is 0 Å². The second-order valence-corrected chi connectivity index (χ2v) is 3.45. The molecule has 0 saturated carbocycles. The summed E-state index contributed by atoms with van der Waals surface area (Å²) in [4.78, 5) is 10.4. The van der Waals surface area contributed by atoms with Crippen LogP contribution in [0.1, 0.15) is 5.56 Å².